The van der Waals surface area contributed by atoms with Gasteiger partial charge >= 0.3 is 0 Å². The normalized spacial score (nSPS) is 10.0. The zero-order valence-corrected chi connectivity index (χ0v) is 9.83. The number of hydrogen-bond acceptors (Lipinski definition) is 4. The summed E-state index contributed by atoms with van der Waals surface area (Å²) in [6.45, 7) is 0.347. The summed E-state index contributed by atoms with van der Waals surface area (Å²) >= 11 is 5.96. The number of nitrogens with zero attached hydrogens (tertiary/aromatic N) is 4. The first-order valence-electron chi connectivity index (χ1n) is 4.96. The highest BCUT2D eigenvalue weighted by Crippen LogP contribution is 2.23. The second-order valence-electron chi connectivity index (χ2n) is 3.52. The number of nitro groups is 1. The molecule has 0 spiro atoms. The topological polar surface area (TPSA) is 84.8 Å². The van der Waals surface area contributed by atoms with Crippen molar-refractivity contribution in [2.75, 3.05) is 0 Å². The number of benzene rings is 1. The fourth-order valence-electron chi connectivity index (χ4n) is 1.51. The maximum Gasteiger partial charge on any atom is 0.270 e. The molecule has 2 aromatic rings. The van der Waals surface area contributed by atoms with Crippen molar-refractivity contribution in [1.82, 2.24) is 9.55 Å². The molecule has 1 aromatic heterocycles. The molecule has 0 bridgehead atoms. The first kappa shape index (κ1) is 12.1. The monoisotopic (exact) mass is 262 g/mol. The molecule has 1 heterocycles. The Balaban J connectivity index is 2.31. The van der Waals surface area contributed by atoms with Crippen LogP contribution in [0.3, 0.4) is 0 Å². The van der Waals surface area contributed by atoms with Gasteiger partial charge in [0.25, 0.3) is 5.69 Å². The van der Waals surface area contributed by atoms with Crippen molar-refractivity contribution < 1.29 is 4.92 Å². The third-order valence-electron chi connectivity index (χ3n) is 2.40. The van der Waals surface area contributed by atoms with Crippen LogP contribution in [0.4, 0.5) is 5.69 Å². The largest absolute Gasteiger partial charge is 0.318 e. The van der Waals surface area contributed by atoms with E-state index in [9.17, 15) is 10.1 Å². The van der Waals surface area contributed by atoms with E-state index in [1.807, 2.05) is 6.07 Å². The minimum atomic E-state index is -0.506. The summed E-state index contributed by atoms with van der Waals surface area (Å²) in [7, 11) is 0. The number of aromatic nitrogens is 2. The molecule has 0 aliphatic heterocycles. The van der Waals surface area contributed by atoms with Crippen LogP contribution in [0, 0.1) is 21.4 Å². The lowest BCUT2D eigenvalue weighted by Gasteiger charge is -2.05. The SMILES string of the molecule is N#Cc1nccn1Cc1ccc([N+](=O)[O-])cc1Cl. The molecule has 90 valence electrons. The Morgan fingerprint density at radius 3 is 2.94 bits per heavy atom. The molecular formula is C11H7ClN4O2. The molecule has 7 heteroatoms. The van der Waals surface area contributed by atoms with Gasteiger partial charge in [-0.1, -0.05) is 11.6 Å². The molecule has 0 unspecified atom stereocenters. The van der Waals surface area contributed by atoms with Gasteiger partial charge in [0, 0.05) is 24.5 Å². The van der Waals surface area contributed by atoms with Gasteiger partial charge in [-0.2, -0.15) is 5.26 Å². The van der Waals surface area contributed by atoms with Crippen LogP contribution in [0.1, 0.15) is 11.4 Å². The van der Waals surface area contributed by atoms with E-state index < -0.39 is 4.92 Å². The van der Waals surface area contributed by atoms with Crippen LogP contribution in [0.15, 0.2) is 30.6 Å². The van der Waals surface area contributed by atoms with E-state index in [1.54, 1.807) is 16.8 Å². The Morgan fingerprint density at radius 2 is 2.33 bits per heavy atom. The molecule has 0 atom stereocenters. The summed E-state index contributed by atoms with van der Waals surface area (Å²) in [5.41, 5.74) is 0.631. The van der Waals surface area contributed by atoms with Crippen LogP contribution < -0.4 is 0 Å². The number of nitro benzene ring substituents is 1. The number of nitriles is 1. The summed E-state index contributed by atoms with van der Waals surface area (Å²) in [6, 6.07) is 6.19. The van der Waals surface area contributed by atoms with Crippen molar-refractivity contribution in [3.8, 4) is 6.07 Å². The third kappa shape index (κ3) is 2.31. The van der Waals surface area contributed by atoms with E-state index >= 15 is 0 Å². The second kappa shape index (κ2) is 4.85. The van der Waals surface area contributed by atoms with Gasteiger partial charge in [0.1, 0.15) is 6.07 Å². The van der Waals surface area contributed by atoms with E-state index in [4.69, 9.17) is 16.9 Å². The Kier molecular flexibility index (Phi) is 3.26. The highest BCUT2D eigenvalue weighted by Gasteiger charge is 2.10. The van der Waals surface area contributed by atoms with E-state index in [1.165, 1.54) is 18.3 Å². The van der Waals surface area contributed by atoms with Gasteiger partial charge in [0.05, 0.1) is 16.5 Å². The Morgan fingerprint density at radius 1 is 1.56 bits per heavy atom. The zero-order valence-electron chi connectivity index (χ0n) is 9.08. The Hall–Kier alpha value is -2.39. The first-order valence-corrected chi connectivity index (χ1v) is 5.33. The molecule has 2 rings (SSSR count). The molecule has 0 saturated carbocycles. The maximum atomic E-state index is 10.6. The predicted octanol–water partition coefficient (Wildman–Crippen LogP) is 2.36. The molecule has 0 N–H and O–H groups in total. The van der Waals surface area contributed by atoms with Crippen LogP contribution >= 0.6 is 11.6 Å². The van der Waals surface area contributed by atoms with Crippen molar-refractivity contribution in [3.63, 3.8) is 0 Å². The zero-order chi connectivity index (χ0) is 13.1. The summed E-state index contributed by atoms with van der Waals surface area (Å²) in [4.78, 5) is 13.9. The maximum absolute atomic E-state index is 10.6. The van der Waals surface area contributed by atoms with Gasteiger partial charge < -0.3 is 4.57 Å². The van der Waals surface area contributed by atoms with Gasteiger partial charge in [-0.3, -0.25) is 10.1 Å². The fraction of sp³-hybridized carbons (Fsp3) is 0.0909. The summed E-state index contributed by atoms with van der Waals surface area (Å²) in [6.07, 6.45) is 3.16. The average Bonchev–Trinajstić information content (AvgIpc) is 2.78. The van der Waals surface area contributed by atoms with Gasteiger partial charge in [0.2, 0.25) is 5.82 Å². The molecule has 0 saturated heterocycles. The van der Waals surface area contributed by atoms with Crippen molar-refractivity contribution in [1.29, 1.82) is 5.26 Å². The van der Waals surface area contributed by atoms with E-state index in [-0.39, 0.29) is 11.5 Å². The van der Waals surface area contributed by atoms with Gasteiger partial charge in [-0.05, 0) is 11.6 Å². The van der Waals surface area contributed by atoms with Gasteiger partial charge in [-0.25, -0.2) is 4.98 Å². The van der Waals surface area contributed by atoms with Crippen LogP contribution in [0.25, 0.3) is 0 Å². The van der Waals surface area contributed by atoms with Crippen molar-refractivity contribution in [2.45, 2.75) is 6.54 Å². The van der Waals surface area contributed by atoms with Crippen molar-refractivity contribution >= 4 is 17.3 Å². The number of non-ortho nitro benzene ring substituents is 1. The molecule has 0 radical (unpaired) electrons. The lowest BCUT2D eigenvalue weighted by molar-refractivity contribution is -0.384. The second-order valence-corrected chi connectivity index (χ2v) is 3.93. The van der Waals surface area contributed by atoms with Crippen LogP contribution in [0.5, 0.6) is 0 Å². The van der Waals surface area contributed by atoms with Gasteiger partial charge in [-0.15, -0.1) is 0 Å². The predicted molar refractivity (Wildman–Crippen MR) is 64.2 cm³/mol. The van der Waals surface area contributed by atoms with E-state index in [0.29, 0.717) is 17.1 Å². The third-order valence-corrected chi connectivity index (χ3v) is 2.76. The quantitative estimate of drug-likeness (QED) is 0.628. The smallest absolute Gasteiger partial charge is 0.270 e. The molecule has 0 aliphatic rings. The molecule has 0 fully saturated rings. The minimum Gasteiger partial charge on any atom is -0.318 e. The summed E-state index contributed by atoms with van der Waals surface area (Å²) < 4.78 is 1.62. The molecule has 1 aromatic carbocycles. The summed E-state index contributed by atoms with van der Waals surface area (Å²) in [5.74, 6) is 0.268. The minimum absolute atomic E-state index is 0.0603. The highest BCUT2D eigenvalue weighted by atomic mass is 35.5. The summed E-state index contributed by atoms with van der Waals surface area (Å²) in [5, 5.41) is 19.7. The Bertz CT molecular complexity index is 645. The first-order chi connectivity index (χ1) is 8.61. The Labute approximate surface area is 107 Å². The lowest BCUT2D eigenvalue weighted by Crippen LogP contribution is -2.02. The number of halogens is 1. The molecule has 6 nitrogen and oxygen atoms in total. The number of hydrogen-bond donors (Lipinski definition) is 0. The van der Waals surface area contributed by atoms with Crippen LogP contribution in [-0.2, 0) is 6.54 Å². The fourth-order valence-corrected chi connectivity index (χ4v) is 1.75. The number of rotatable bonds is 3. The molecule has 0 amide bonds. The number of imidazole rings is 1. The van der Waals surface area contributed by atoms with Crippen LogP contribution in [-0.4, -0.2) is 14.5 Å². The van der Waals surface area contributed by atoms with E-state index in [0.717, 1.165) is 0 Å². The van der Waals surface area contributed by atoms with Gasteiger partial charge in [0.15, 0.2) is 0 Å². The van der Waals surface area contributed by atoms with Crippen LogP contribution in [0.2, 0.25) is 5.02 Å². The molecular weight excluding hydrogens is 256 g/mol. The molecule has 18 heavy (non-hydrogen) atoms. The highest BCUT2D eigenvalue weighted by molar-refractivity contribution is 6.31. The molecule has 0 aliphatic carbocycles. The van der Waals surface area contributed by atoms with Crippen molar-refractivity contribution in [3.05, 3.63) is 57.1 Å². The lowest BCUT2D eigenvalue weighted by atomic mass is 10.2. The van der Waals surface area contributed by atoms with E-state index in [2.05, 4.69) is 4.98 Å². The average molecular weight is 263 g/mol. The van der Waals surface area contributed by atoms with Crippen molar-refractivity contribution in [2.24, 2.45) is 0 Å². The standard InChI is InChI=1S/C11H7ClN4O2/c12-10-5-9(16(17)18)2-1-8(10)7-15-4-3-14-11(15)6-13/h1-5H,7H2.